The van der Waals surface area contributed by atoms with Gasteiger partial charge in [0.15, 0.2) is 6.10 Å². The lowest BCUT2D eigenvalue weighted by Crippen LogP contribution is -2.44. The molecule has 13 heavy (non-hydrogen) atoms. The minimum atomic E-state index is -1.21. The van der Waals surface area contributed by atoms with E-state index in [0.29, 0.717) is 11.0 Å². The van der Waals surface area contributed by atoms with Crippen LogP contribution in [0.25, 0.3) is 0 Å². The van der Waals surface area contributed by atoms with E-state index in [0.717, 1.165) is 0 Å². The van der Waals surface area contributed by atoms with Gasteiger partial charge in [-0.2, -0.15) is 0 Å². The van der Waals surface area contributed by atoms with Gasteiger partial charge in [-0.3, -0.25) is 4.79 Å². The van der Waals surface area contributed by atoms with Gasteiger partial charge in [-0.25, -0.2) is 0 Å². The SMILES string of the molecule is C[N+](C)(C)C[C@@H](CC(=O)[O-])OC=O. The van der Waals surface area contributed by atoms with Gasteiger partial charge in [0, 0.05) is 12.4 Å². The first kappa shape index (κ1) is 11.9. The molecule has 0 rings (SSSR count). The highest BCUT2D eigenvalue weighted by atomic mass is 16.5. The highest BCUT2D eigenvalue weighted by molar-refractivity contribution is 5.65. The summed E-state index contributed by atoms with van der Waals surface area (Å²) in [7, 11) is 5.66. The normalized spacial score (nSPS) is 13.5. The maximum atomic E-state index is 10.3. The molecule has 0 aliphatic carbocycles. The first-order valence-corrected chi connectivity index (χ1v) is 3.94. The first-order chi connectivity index (χ1) is 5.85. The molecule has 0 N–H and O–H groups in total. The predicted molar refractivity (Wildman–Crippen MR) is 43.5 cm³/mol. The third-order valence-corrected chi connectivity index (χ3v) is 1.39. The topological polar surface area (TPSA) is 66.4 Å². The van der Waals surface area contributed by atoms with E-state index in [1.807, 2.05) is 21.1 Å². The molecule has 0 radical (unpaired) electrons. The molecular weight excluding hydrogens is 174 g/mol. The van der Waals surface area contributed by atoms with Crippen molar-refractivity contribution in [3.05, 3.63) is 0 Å². The van der Waals surface area contributed by atoms with Crippen molar-refractivity contribution >= 4 is 12.4 Å². The molecule has 0 saturated carbocycles. The third-order valence-electron chi connectivity index (χ3n) is 1.39. The number of hydrogen-bond acceptors (Lipinski definition) is 4. The fraction of sp³-hybridized carbons (Fsp3) is 0.750. The lowest BCUT2D eigenvalue weighted by molar-refractivity contribution is -0.873. The number of carbonyl (C=O) groups is 2. The van der Waals surface area contributed by atoms with E-state index in [1.54, 1.807) is 0 Å². The summed E-state index contributed by atoms with van der Waals surface area (Å²) >= 11 is 0. The second kappa shape index (κ2) is 4.81. The standard InChI is InChI=1S/C8H15NO4/c1-9(2,3)5-7(13-6-10)4-8(11)12/h6-7H,4-5H2,1-3H3/t7-/m1/s1. The summed E-state index contributed by atoms with van der Waals surface area (Å²) in [6.07, 6.45) is -0.864. The summed E-state index contributed by atoms with van der Waals surface area (Å²) in [6, 6.07) is 0. The smallest absolute Gasteiger partial charge is 0.293 e. The van der Waals surface area contributed by atoms with Gasteiger partial charge in [-0.05, 0) is 0 Å². The van der Waals surface area contributed by atoms with E-state index in [-0.39, 0.29) is 12.9 Å². The maximum Gasteiger partial charge on any atom is 0.293 e. The van der Waals surface area contributed by atoms with Gasteiger partial charge < -0.3 is 19.1 Å². The van der Waals surface area contributed by atoms with E-state index in [2.05, 4.69) is 4.74 Å². The number of quaternary nitrogens is 1. The number of likely N-dealkylation sites (N-methyl/N-ethyl adjacent to an activating group) is 1. The van der Waals surface area contributed by atoms with Crippen molar-refractivity contribution in [2.75, 3.05) is 27.7 Å². The molecule has 76 valence electrons. The van der Waals surface area contributed by atoms with Crippen molar-refractivity contribution in [3.8, 4) is 0 Å². The zero-order valence-electron chi connectivity index (χ0n) is 8.15. The van der Waals surface area contributed by atoms with Crippen molar-refractivity contribution in [3.63, 3.8) is 0 Å². The number of rotatable bonds is 6. The number of hydrogen-bond donors (Lipinski definition) is 0. The molecule has 5 heteroatoms. The molecule has 0 aromatic carbocycles. The summed E-state index contributed by atoms with van der Waals surface area (Å²) < 4.78 is 5.15. The Morgan fingerprint density at radius 1 is 1.54 bits per heavy atom. The Bertz CT molecular complexity index is 185. The molecule has 0 aromatic rings. The summed E-state index contributed by atoms with van der Waals surface area (Å²) in [5.74, 6) is -1.21. The predicted octanol–water partition coefficient (Wildman–Crippen LogP) is -1.63. The second-order valence-electron chi connectivity index (χ2n) is 3.90. The molecule has 0 spiro atoms. The van der Waals surface area contributed by atoms with Crippen molar-refractivity contribution in [1.29, 1.82) is 0 Å². The van der Waals surface area contributed by atoms with Gasteiger partial charge in [0.05, 0.1) is 21.1 Å². The average molecular weight is 189 g/mol. The first-order valence-electron chi connectivity index (χ1n) is 3.94. The quantitative estimate of drug-likeness (QED) is 0.372. The van der Waals surface area contributed by atoms with Crippen LogP contribution in [0, 0.1) is 0 Å². The summed E-state index contributed by atoms with van der Waals surface area (Å²) in [4.78, 5) is 20.3. The molecule has 0 unspecified atom stereocenters. The zero-order chi connectivity index (χ0) is 10.5. The molecule has 0 amide bonds. The molecule has 0 aliphatic rings. The van der Waals surface area contributed by atoms with Crippen LogP contribution < -0.4 is 5.11 Å². The van der Waals surface area contributed by atoms with Crippen molar-refractivity contribution in [1.82, 2.24) is 0 Å². The largest absolute Gasteiger partial charge is 0.550 e. The van der Waals surface area contributed by atoms with Crippen LogP contribution in [0.2, 0.25) is 0 Å². The Balaban J connectivity index is 4.09. The zero-order valence-corrected chi connectivity index (χ0v) is 8.15. The Hall–Kier alpha value is -1.10. The number of aliphatic carboxylic acids is 1. The van der Waals surface area contributed by atoms with Crippen LogP contribution in [-0.4, -0.2) is 50.7 Å². The van der Waals surface area contributed by atoms with E-state index in [9.17, 15) is 14.7 Å². The number of carbonyl (C=O) groups excluding carboxylic acids is 2. The molecule has 5 nitrogen and oxygen atoms in total. The Kier molecular flexibility index (Phi) is 4.40. The van der Waals surface area contributed by atoms with E-state index < -0.39 is 12.1 Å². The van der Waals surface area contributed by atoms with Crippen molar-refractivity contribution < 1.29 is 23.9 Å². The van der Waals surface area contributed by atoms with Crippen molar-refractivity contribution in [2.45, 2.75) is 12.5 Å². The average Bonchev–Trinajstić information content (AvgIpc) is 1.81. The Labute approximate surface area is 77.5 Å². The molecule has 0 fully saturated rings. The number of carboxylic acid groups (broad SMARTS) is 1. The highest BCUT2D eigenvalue weighted by Crippen LogP contribution is 2.02. The monoisotopic (exact) mass is 189 g/mol. The van der Waals surface area contributed by atoms with E-state index >= 15 is 0 Å². The fourth-order valence-corrected chi connectivity index (χ4v) is 1.03. The van der Waals surface area contributed by atoms with Gasteiger partial charge in [-0.15, -0.1) is 0 Å². The van der Waals surface area contributed by atoms with Crippen LogP contribution >= 0.6 is 0 Å². The third kappa shape index (κ3) is 7.27. The minimum absolute atomic E-state index is 0.256. The van der Waals surface area contributed by atoms with Crippen LogP contribution in [-0.2, 0) is 14.3 Å². The molecule has 0 aromatic heterocycles. The fourth-order valence-electron chi connectivity index (χ4n) is 1.03. The van der Waals surface area contributed by atoms with Crippen LogP contribution in [0.5, 0.6) is 0 Å². The highest BCUT2D eigenvalue weighted by Gasteiger charge is 2.19. The molecule has 0 aliphatic heterocycles. The molecule has 1 atom stereocenters. The van der Waals surface area contributed by atoms with Gasteiger partial charge in [0.2, 0.25) is 0 Å². The summed E-state index contributed by atoms with van der Waals surface area (Å²) in [5.41, 5.74) is 0. The number of carboxylic acids is 1. The lowest BCUT2D eigenvalue weighted by atomic mass is 10.2. The Morgan fingerprint density at radius 2 is 2.08 bits per heavy atom. The van der Waals surface area contributed by atoms with Gasteiger partial charge in [0.1, 0.15) is 6.54 Å². The van der Waals surface area contributed by atoms with Crippen LogP contribution in [0.1, 0.15) is 6.42 Å². The van der Waals surface area contributed by atoms with Crippen LogP contribution in [0.3, 0.4) is 0 Å². The van der Waals surface area contributed by atoms with Crippen LogP contribution in [0.15, 0.2) is 0 Å². The number of ether oxygens (including phenoxy) is 1. The Morgan fingerprint density at radius 3 is 2.38 bits per heavy atom. The van der Waals surface area contributed by atoms with E-state index in [4.69, 9.17) is 0 Å². The minimum Gasteiger partial charge on any atom is -0.550 e. The summed E-state index contributed by atoms with van der Waals surface area (Å²) in [6.45, 7) is 0.718. The number of nitrogens with zero attached hydrogens (tertiary/aromatic N) is 1. The molecule has 0 bridgehead atoms. The van der Waals surface area contributed by atoms with Crippen molar-refractivity contribution in [2.24, 2.45) is 0 Å². The molecule has 0 saturated heterocycles. The summed E-state index contributed by atoms with van der Waals surface area (Å²) in [5, 5.41) is 10.3. The van der Waals surface area contributed by atoms with E-state index in [1.165, 1.54) is 0 Å². The van der Waals surface area contributed by atoms with Gasteiger partial charge >= 0.3 is 0 Å². The van der Waals surface area contributed by atoms with Crippen LogP contribution in [0.4, 0.5) is 0 Å². The lowest BCUT2D eigenvalue weighted by Gasteiger charge is -2.28. The molecular formula is C8H15NO4. The second-order valence-corrected chi connectivity index (χ2v) is 3.90. The maximum absolute atomic E-state index is 10.3. The van der Waals surface area contributed by atoms with Gasteiger partial charge in [0.25, 0.3) is 6.47 Å². The molecule has 0 heterocycles. The van der Waals surface area contributed by atoms with Gasteiger partial charge in [-0.1, -0.05) is 0 Å².